The summed E-state index contributed by atoms with van der Waals surface area (Å²) in [4.78, 5) is 0. The fourth-order valence-electron chi connectivity index (χ4n) is 2.67. The third kappa shape index (κ3) is 3.19. The molecule has 2 rings (SSSR count). The third-order valence-corrected chi connectivity index (χ3v) is 5.60. The summed E-state index contributed by atoms with van der Waals surface area (Å²) in [5.74, 6) is 0.150. The molecule has 0 spiro atoms. The molecule has 0 saturated carbocycles. The summed E-state index contributed by atoms with van der Waals surface area (Å²) in [5.41, 5.74) is 0. The fourth-order valence-corrected chi connectivity index (χ4v) is 4.63. The van der Waals surface area contributed by atoms with Crippen LogP contribution >= 0.6 is 0 Å². The average Bonchev–Trinajstić information content (AvgIpc) is 2.90. The molecule has 0 aromatic rings. The Kier molecular flexibility index (Phi) is 4.41. The van der Waals surface area contributed by atoms with E-state index in [0.29, 0.717) is 13.2 Å². The van der Waals surface area contributed by atoms with Crippen LogP contribution in [-0.2, 0) is 14.8 Å². The lowest BCUT2D eigenvalue weighted by atomic mass is 10.3. The maximum atomic E-state index is 12.3. The number of hydrogen-bond acceptors (Lipinski definition) is 4. The van der Waals surface area contributed by atoms with Crippen LogP contribution in [0.4, 0.5) is 0 Å². The third-order valence-electron chi connectivity index (χ3n) is 3.53. The summed E-state index contributed by atoms with van der Waals surface area (Å²) in [7, 11) is -3.17. The van der Waals surface area contributed by atoms with Crippen LogP contribution in [0.15, 0.2) is 0 Å². The zero-order valence-electron chi connectivity index (χ0n) is 10.4. The molecular formula is C11H22N2O3S. The summed E-state index contributed by atoms with van der Waals surface area (Å²) in [6, 6.07) is 0.131. The quantitative estimate of drug-likeness (QED) is 0.768. The van der Waals surface area contributed by atoms with E-state index in [4.69, 9.17) is 4.74 Å². The van der Waals surface area contributed by atoms with Gasteiger partial charge in [0.25, 0.3) is 0 Å². The van der Waals surface area contributed by atoms with E-state index >= 15 is 0 Å². The second kappa shape index (κ2) is 5.65. The van der Waals surface area contributed by atoms with E-state index < -0.39 is 10.0 Å². The van der Waals surface area contributed by atoms with Gasteiger partial charge in [-0.15, -0.1) is 0 Å². The molecule has 2 heterocycles. The molecule has 0 aromatic carbocycles. The van der Waals surface area contributed by atoms with Gasteiger partial charge >= 0.3 is 0 Å². The minimum Gasteiger partial charge on any atom is -0.377 e. The highest BCUT2D eigenvalue weighted by molar-refractivity contribution is 7.89. The number of ether oxygens (including phenoxy) is 1. The molecule has 2 aliphatic heterocycles. The molecular weight excluding hydrogens is 240 g/mol. The largest absolute Gasteiger partial charge is 0.377 e. The SMILES string of the molecule is CCN(C1CCNC1)S(=O)(=O)CC1CCCO1. The Balaban J connectivity index is 2.00. The highest BCUT2D eigenvalue weighted by atomic mass is 32.2. The number of likely N-dealkylation sites (N-methyl/N-ethyl adjacent to an activating group) is 1. The van der Waals surface area contributed by atoms with E-state index in [1.807, 2.05) is 6.92 Å². The lowest BCUT2D eigenvalue weighted by Crippen LogP contribution is -2.44. The second-order valence-electron chi connectivity index (χ2n) is 4.76. The lowest BCUT2D eigenvalue weighted by Gasteiger charge is -2.27. The zero-order chi connectivity index (χ0) is 12.3. The summed E-state index contributed by atoms with van der Waals surface area (Å²) in [6.07, 6.45) is 2.68. The monoisotopic (exact) mass is 262 g/mol. The van der Waals surface area contributed by atoms with Gasteiger partial charge in [0, 0.05) is 25.7 Å². The minimum absolute atomic E-state index is 0.0941. The first-order chi connectivity index (χ1) is 8.13. The van der Waals surface area contributed by atoms with E-state index in [1.165, 1.54) is 0 Å². The molecule has 0 aliphatic carbocycles. The van der Waals surface area contributed by atoms with E-state index in [9.17, 15) is 8.42 Å². The first-order valence-electron chi connectivity index (χ1n) is 6.45. The molecule has 100 valence electrons. The molecule has 2 aliphatic rings. The van der Waals surface area contributed by atoms with Gasteiger partial charge in [-0.2, -0.15) is 4.31 Å². The van der Waals surface area contributed by atoms with Gasteiger partial charge in [-0.25, -0.2) is 8.42 Å². The average molecular weight is 262 g/mol. The molecule has 6 heteroatoms. The van der Waals surface area contributed by atoms with Crippen molar-refractivity contribution in [2.75, 3.05) is 32.0 Å². The maximum Gasteiger partial charge on any atom is 0.216 e. The zero-order valence-corrected chi connectivity index (χ0v) is 11.2. The molecule has 2 atom stereocenters. The van der Waals surface area contributed by atoms with Gasteiger partial charge in [0.2, 0.25) is 10.0 Å². The van der Waals surface area contributed by atoms with Gasteiger partial charge in [0.15, 0.2) is 0 Å². The topological polar surface area (TPSA) is 58.6 Å². The van der Waals surface area contributed by atoms with Crippen LogP contribution in [0.2, 0.25) is 0 Å². The van der Waals surface area contributed by atoms with Crippen molar-refractivity contribution >= 4 is 10.0 Å². The van der Waals surface area contributed by atoms with Gasteiger partial charge < -0.3 is 10.1 Å². The highest BCUT2D eigenvalue weighted by Gasteiger charge is 2.33. The Morgan fingerprint density at radius 2 is 2.24 bits per heavy atom. The summed E-state index contributed by atoms with van der Waals surface area (Å²) in [5, 5.41) is 3.22. The van der Waals surface area contributed by atoms with Crippen molar-refractivity contribution in [2.45, 2.75) is 38.3 Å². The number of nitrogens with zero attached hydrogens (tertiary/aromatic N) is 1. The van der Waals surface area contributed by atoms with Crippen molar-refractivity contribution < 1.29 is 13.2 Å². The van der Waals surface area contributed by atoms with Gasteiger partial charge in [-0.1, -0.05) is 6.92 Å². The van der Waals surface area contributed by atoms with E-state index in [0.717, 1.165) is 32.4 Å². The Morgan fingerprint density at radius 1 is 1.41 bits per heavy atom. The van der Waals surface area contributed by atoms with Gasteiger partial charge in [-0.3, -0.25) is 0 Å². The molecule has 0 radical (unpaired) electrons. The first-order valence-corrected chi connectivity index (χ1v) is 8.06. The molecule has 2 unspecified atom stereocenters. The smallest absolute Gasteiger partial charge is 0.216 e. The molecule has 0 bridgehead atoms. The van der Waals surface area contributed by atoms with Crippen LogP contribution < -0.4 is 5.32 Å². The van der Waals surface area contributed by atoms with Crippen LogP contribution in [0.3, 0.4) is 0 Å². The van der Waals surface area contributed by atoms with Crippen molar-refractivity contribution in [3.63, 3.8) is 0 Å². The lowest BCUT2D eigenvalue weighted by molar-refractivity contribution is 0.126. The fraction of sp³-hybridized carbons (Fsp3) is 1.00. The maximum absolute atomic E-state index is 12.3. The number of hydrogen-bond donors (Lipinski definition) is 1. The highest BCUT2D eigenvalue weighted by Crippen LogP contribution is 2.19. The van der Waals surface area contributed by atoms with Gasteiger partial charge in [0.05, 0.1) is 11.9 Å². The molecule has 2 saturated heterocycles. The minimum atomic E-state index is -3.17. The molecule has 0 aromatic heterocycles. The van der Waals surface area contributed by atoms with Crippen molar-refractivity contribution in [1.29, 1.82) is 0 Å². The Morgan fingerprint density at radius 3 is 2.76 bits per heavy atom. The Bertz CT molecular complexity index is 333. The normalized spacial score (nSPS) is 30.2. The molecule has 0 amide bonds. The van der Waals surface area contributed by atoms with Crippen molar-refractivity contribution in [2.24, 2.45) is 0 Å². The van der Waals surface area contributed by atoms with E-state index in [1.54, 1.807) is 4.31 Å². The molecule has 1 N–H and O–H groups in total. The van der Waals surface area contributed by atoms with Crippen molar-refractivity contribution in [3.8, 4) is 0 Å². The van der Waals surface area contributed by atoms with E-state index in [2.05, 4.69) is 5.32 Å². The number of sulfonamides is 1. The van der Waals surface area contributed by atoms with Crippen LogP contribution in [-0.4, -0.2) is 56.9 Å². The molecule has 17 heavy (non-hydrogen) atoms. The Labute approximate surface area is 104 Å². The second-order valence-corrected chi connectivity index (χ2v) is 6.73. The number of rotatable bonds is 5. The van der Waals surface area contributed by atoms with Crippen LogP contribution in [0, 0.1) is 0 Å². The van der Waals surface area contributed by atoms with Crippen LogP contribution in [0.5, 0.6) is 0 Å². The molecule has 2 fully saturated rings. The van der Waals surface area contributed by atoms with Crippen LogP contribution in [0.25, 0.3) is 0 Å². The van der Waals surface area contributed by atoms with Crippen molar-refractivity contribution in [1.82, 2.24) is 9.62 Å². The van der Waals surface area contributed by atoms with Gasteiger partial charge in [0.1, 0.15) is 0 Å². The Hall–Kier alpha value is -0.170. The standard InChI is InChI=1S/C11H22N2O3S/c1-2-13(10-5-6-12-8-10)17(14,15)9-11-4-3-7-16-11/h10-12H,2-9H2,1H3. The summed E-state index contributed by atoms with van der Waals surface area (Å²) < 4.78 is 31.7. The van der Waals surface area contributed by atoms with Gasteiger partial charge in [-0.05, 0) is 25.8 Å². The summed E-state index contributed by atoms with van der Waals surface area (Å²) in [6.45, 7) is 4.86. The van der Waals surface area contributed by atoms with E-state index in [-0.39, 0.29) is 17.9 Å². The van der Waals surface area contributed by atoms with Crippen molar-refractivity contribution in [3.05, 3.63) is 0 Å². The number of nitrogens with one attached hydrogen (secondary N) is 1. The summed E-state index contributed by atoms with van der Waals surface area (Å²) >= 11 is 0. The predicted octanol–water partition coefficient (Wildman–Crippen LogP) is 0.179. The molecule has 5 nitrogen and oxygen atoms in total. The first kappa shape index (κ1) is 13.3. The van der Waals surface area contributed by atoms with Crippen LogP contribution in [0.1, 0.15) is 26.2 Å². The predicted molar refractivity (Wildman–Crippen MR) is 66.4 cm³/mol.